The molecule has 1 unspecified atom stereocenters. The first-order valence-corrected chi connectivity index (χ1v) is 12.6. The van der Waals surface area contributed by atoms with Crippen LogP contribution in [0.3, 0.4) is 0 Å². The average molecular weight is 524 g/mol. The van der Waals surface area contributed by atoms with Crippen molar-refractivity contribution in [2.45, 2.75) is 26.0 Å². The topological polar surface area (TPSA) is 151 Å². The van der Waals surface area contributed by atoms with Crippen LogP contribution in [0.2, 0.25) is 0 Å². The lowest BCUT2D eigenvalue weighted by Crippen LogP contribution is -2.34. The number of hydrogen-bond donors (Lipinski definition) is 1. The molecule has 1 N–H and O–H groups in total. The van der Waals surface area contributed by atoms with Gasteiger partial charge in [0.15, 0.2) is 11.6 Å². The van der Waals surface area contributed by atoms with Crippen LogP contribution in [0.5, 0.6) is 11.5 Å². The summed E-state index contributed by atoms with van der Waals surface area (Å²) in [6, 6.07) is 6.94. The number of carbonyl (C=O) groups is 1. The van der Waals surface area contributed by atoms with Gasteiger partial charge in [0.2, 0.25) is 21.8 Å². The maximum atomic E-state index is 13.3. The number of pyridine rings is 1. The number of nitrogens with one attached hydrogen (secondary N) is 1. The van der Waals surface area contributed by atoms with E-state index in [1.54, 1.807) is 37.5 Å². The predicted molar refractivity (Wildman–Crippen MR) is 136 cm³/mol. The summed E-state index contributed by atoms with van der Waals surface area (Å²) in [5.74, 6) is -0.127. The molecule has 0 saturated carbocycles. The van der Waals surface area contributed by atoms with E-state index >= 15 is 0 Å². The SMILES string of the molecule is COc1cccc(OC)c1-n1c(NS(=O)(=O)C(C)C(=O)c2ncc(C)cn2)nnc1-c1cncc(C)c1. The van der Waals surface area contributed by atoms with Crippen LogP contribution in [0.1, 0.15) is 28.7 Å². The van der Waals surface area contributed by atoms with Crippen molar-refractivity contribution < 1.29 is 22.7 Å². The molecule has 4 aromatic rings. The quantitative estimate of drug-likeness (QED) is 0.324. The monoisotopic (exact) mass is 523 g/mol. The van der Waals surface area contributed by atoms with Crippen molar-refractivity contribution in [1.82, 2.24) is 29.7 Å². The number of aryl methyl sites for hydroxylation is 2. The third-order valence-electron chi connectivity index (χ3n) is 5.49. The van der Waals surface area contributed by atoms with E-state index in [4.69, 9.17) is 9.47 Å². The summed E-state index contributed by atoms with van der Waals surface area (Å²) < 4.78 is 41.6. The van der Waals surface area contributed by atoms with Gasteiger partial charge in [-0.2, -0.15) is 0 Å². The minimum Gasteiger partial charge on any atom is -0.494 e. The lowest BCUT2D eigenvalue weighted by molar-refractivity contribution is 0.0981. The van der Waals surface area contributed by atoms with Crippen molar-refractivity contribution in [3.63, 3.8) is 0 Å². The van der Waals surface area contributed by atoms with Gasteiger partial charge in [0, 0.05) is 30.4 Å². The van der Waals surface area contributed by atoms with Gasteiger partial charge < -0.3 is 9.47 Å². The molecule has 3 heterocycles. The molecular weight excluding hydrogens is 498 g/mol. The molecule has 1 aromatic carbocycles. The smallest absolute Gasteiger partial charge is 0.245 e. The van der Waals surface area contributed by atoms with Gasteiger partial charge in [-0.25, -0.2) is 18.4 Å². The minimum absolute atomic E-state index is 0.177. The fourth-order valence-corrected chi connectivity index (χ4v) is 4.49. The van der Waals surface area contributed by atoms with Gasteiger partial charge in [-0.05, 0) is 50.1 Å². The molecule has 37 heavy (non-hydrogen) atoms. The number of nitrogens with zero attached hydrogens (tertiary/aromatic N) is 6. The molecule has 0 spiro atoms. The maximum Gasteiger partial charge on any atom is 0.245 e. The molecule has 0 bridgehead atoms. The third-order valence-corrected chi connectivity index (χ3v) is 7.10. The molecule has 0 amide bonds. The van der Waals surface area contributed by atoms with E-state index in [-0.39, 0.29) is 17.6 Å². The summed E-state index contributed by atoms with van der Waals surface area (Å²) in [6.07, 6.45) is 6.14. The van der Waals surface area contributed by atoms with Gasteiger partial charge in [0.05, 0.1) is 14.2 Å². The molecule has 13 heteroatoms. The molecule has 0 aliphatic heterocycles. The normalized spacial score (nSPS) is 12.1. The van der Waals surface area contributed by atoms with Crippen LogP contribution in [0.15, 0.2) is 49.1 Å². The van der Waals surface area contributed by atoms with E-state index in [9.17, 15) is 13.2 Å². The van der Waals surface area contributed by atoms with Crippen molar-refractivity contribution in [3.8, 4) is 28.6 Å². The largest absolute Gasteiger partial charge is 0.494 e. The number of rotatable bonds is 9. The van der Waals surface area contributed by atoms with Gasteiger partial charge in [0.1, 0.15) is 22.4 Å². The summed E-state index contributed by atoms with van der Waals surface area (Å²) >= 11 is 0. The van der Waals surface area contributed by atoms with Crippen molar-refractivity contribution in [3.05, 3.63) is 66.0 Å². The number of ketones is 1. The highest BCUT2D eigenvalue weighted by Crippen LogP contribution is 2.37. The summed E-state index contributed by atoms with van der Waals surface area (Å²) in [6.45, 7) is 4.88. The van der Waals surface area contributed by atoms with Crippen molar-refractivity contribution >= 4 is 21.8 Å². The zero-order valence-corrected chi connectivity index (χ0v) is 21.6. The van der Waals surface area contributed by atoms with Crippen LogP contribution < -0.4 is 14.2 Å². The Bertz CT molecular complexity index is 1530. The number of anilines is 1. The fourth-order valence-electron chi connectivity index (χ4n) is 3.54. The standard InChI is InChI=1S/C24H25N7O5S/c1-14-9-17(13-25-10-14)23-28-29-24(31(23)20-18(35-4)7-6-8-19(20)36-5)30-37(33,34)16(3)21(32)22-26-11-15(2)12-27-22/h6-13,16H,1-5H3,(H,29,30). The van der Waals surface area contributed by atoms with Gasteiger partial charge >= 0.3 is 0 Å². The summed E-state index contributed by atoms with van der Waals surface area (Å²) in [5, 5.41) is 6.81. The van der Waals surface area contributed by atoms with Gasteiger partial charge in [-0.1, -0.05) is 6.07 Å². The van der Waals surface area contributed by atoms with E-state index < -0.39 is 21.1 Å². The van der Waals surface area contributed by atoms with Gasteiger partial charge in [-0.3, -0.25) is 19.1 Å². The van der Waals surface area contributed by atoms with Crippen LogP contribution in [-0.2, 0) is 10.0 Å². The van der Waals surface area contributed by atoms with E-state index in [0.717, 1.165) is 11.1 Å². The maximum absolute atomic E-state index is 13.3. The number of ether oxygens (including phenoxy) is 2. The fraction of sp³-hybridized carbons (Fsp3) is 0.250. The second kappa shape index (κ2) is 10.3. The number of hydrogen-bond acceptors (Lipinski definition) is 10. The van der Waals surface area contributed by atoms with Crippen LogP contribution in [-0.4, -0.2) is 63.4 Å². The number of benzene rings is 1. The lowest BCUT2D eigenvalue weighted by Gasteiger charge is -2.18. The van der Waals surface area contributed by atoms with Crippen molar-refractivity contribution in [1.29, 1.82) is 0 Å². The Kier molecular flexibility index (Phi) is 7.16. The lowest BCUT2D eigenvalue weighted by atomic mass is 10.2. The molecule has 0 radical (unpaired) electrons. The van der Waals surface area contributed by atoms with Crippen molar-refractivity contribution in [2.24, 2.45) is 0 Å². The Morgan fingerprint density at radius 2 is 1.62 bits per heavy atom. The molecule has 4 rings (SSSR count). The molecule has 0 fully saturated rings. The first kappa shape index (κ1) is 25.7. The van der Waals surface area contributed by atoms with Crippen LogP contribution >= 0.6 is 0 Å². The number of carbonyl (C=O) groups excluding carboxylic acids is 1. The van der Waals surface area contributed by atoms with Crippen LogP contribution in [0.25, 0.3) is 17.1 Å². The molecule has 0 aliphatic rings. The Labute approximate surface area is 213 Å². The second-order valence-electron chi connectivity index (χ2n) is 8.18. The second-order valence-corrected chi connectivity index (χ2v) is 10.2. The number of methoxy groups -OCH3 is 2. The molecule has 12 nitrogen and oxygen atoms in total. The Morgan fingerprint density at radius 3 is 2.22 bits per heavy atom. The molecule has 3 aromatic heterocycles. The molecule has 1 atom stereocenters. The van der Waals surface area contributed by atoms with Gasteiger partial charge in [-0.15, -0.1) is 10.2 Å². The number of para-hydroxylation sites is 1. The third kappa shape index (κ3) is 5.11. The number of sulfonamides is 1. The van der Waals surface area contributed by atoms with Crippen molar-refractivity contribution in [2.75, 3.05) is 18.9 Å². The summed E-state index contributed by atoms with van der Waals surface area (Å²) in [7, 11) is -1.37. The Hall–Kier alpha value is -4.39. The zero-order chi connectivity index (χ0) is 26.7. The summed E-state index contributed by atoms with van der Waals surface area (Å²) in [4.78, 5) is 25.0. The van der Waals surface area contributed by atoms with E-state index in [0.29, 0.717) is 22.7 Å². The first-order valence-electron chi connectivity index (χ1n) is 11.1. The Morgan fingerprint density at radius 1 is 0.973 bits per heavy atom. The minimum atomic E-state index is -4.32. The highest BCUT2D eigenvalue weighted by Gasteiger charge is 2.33. The van der Waals surface area contributed by atoms with Gasteiger partial charge in [0.25, 0.3) is 0 Å². The van der Waals surface area contributed by atoms with Crippen LogP contribution in [0.4, 0.5) is 5.95 Å². The van der Waals surface area contributed by atoms with E-state index in [1.807, 2.05) is 13.0 Å². The molecule has 192 valence electrons. The first-order chi connectivity index (χ1) is 17.7. The zero-order valence-electron chi connectivity index (χ0n) is 20.8. The average Bonchev–Trinajstić information content (AvgIpc) is 3.29. The number of aromatic nitrogens is 6. The Balaban J connectivity index is 1.84. The molecule has 0 aliphatic carbocycles. The highest BCUT2D eigenvalue weighted by atomic mass is 32.2. The molecule has 0 saturated heterocycles. The van der Waals surface area contributed by atoms with E-state index in [2.05, 4.69) is 29.9 Å². The predicted octanol–water partition coefficient (Wildman–Crippen LogP) is 2.77. The van der Waals surface area contributed by atoms with E-state index in [1.165, 1.54) is 38.1 Å². The van der Waals surface area contributed by atoms with Crippen LogP contribution in [0, 0.1) is 13.8 Å². The highest BCUT2D eigenvalue weighted by molar-refractivity contribution is 7.94. The molecular formula is C24H25N7O5S. The summed E-state index contributed by atoms with van der Waals surface area (Å²) in [5.41, 5.74) is 2.52. The number of Topliss-reactive ketones (excluding diaryl/α,β-unsaturated/α-hetero) is 1.